The van der Waals surface area contributed by atoms with E-state index < -0.39 is 0 Å². The lowest BCUT2D eigenvalue weighted by atomic mass is 9.74. The molecule has 2 aliphatic rings. The maximum absolute atomic E-state index is 10.7. The van der Waals surface area contributed by atoms with E-state index in [-0.39, 0.29) is 11.7 Å². The molecule has 0 aromatic rings. The molecule has 0 N–H and O–H groups in total. The third-order valence-corrected chi connectivity index (χ3v) is 3.72. The second-order valence-electron chi connectivity index (χ2n) is 5.07. The van der Waals surface area contributed by atoms with Gasteiger partial charge in [-0.1, -0.05) is 19.8 Å². The van der Waals surface area contributed by atoms with Gasteiger partial charge in [0.15, 0.2) is 0 Å². The molecular formula is C12H20O2. The van der Waals surface area contributed by atoms with Crippen LogP contribution >= 0.6 is 0 Å². The summed E-state index contributed by atoms with van der Waals surface area (Å²) >= 11 is 0. The van der Waals surface area contributed by atoms with Gasteiger partial charge in [-0.2, -0.15) is 0 Å². The van der Waals surface area contributed by atoms with Crippen molar-refractivity contribution in [3.63, 3.8) is 0 Å². The minimum Gasteiger partial charge on any atom is -0.364 e. The molecule has 1 aliphatic carbocycles. The first-order chi connectivity index (χ1) is 6.74. The quantitative estimate of drug-likeness (QED) is 0.603. The number of hydrogen-bond acceptors (Lipinski definition) is 2. The molecule has 1 heterocycles. The smallest absolute Gasteiger partial charge is 0.148 e. The summed E-state index contributed by atoms with van der Waals surface area (Å²) in [5.41, 5.74) is 0.0709. The van der Waals surface area contributed by atoms with Gasteiger partial charge in [0.2, 0.25) is 0 Å². The lowest BCUT2D eigenvalue weighted by Gasteiger charge is -2.44. The Labute approximate surface area is 86.0 Å². The molecule has 3 unspecified atom stereocenters. The van der Waals surface area contributed by atoms with Crippen molar-refractivity contribution in [2.24, 2.45) is 5.92 Å². The second kappa shape index (κ2) is 4.01. The second-order valence-corrected chi connectivity index (χ2v) is 5.07. The van der Waals surface area contributed by atoms with E-state index in [0.717, 1.165) is 31.5 Å². The van der Waals surface area contributed by atoms with Crippen LogP contribution in [-0.2, 0) is 9.53 Å². The van der Waals surface area contributed by atoms with E-state index in [0.29, 0.717) is 0 Å². The van der Waals surface area contributed by atoms with Crippen molar-refractivity contribution in [1.82, 2.24) is 0 Å². The number of hydrogen-bond donors (Lipinski definition) is 0. The van der Waals surface area contributed by atoms with Gasteiger partial charge in [-0.15, -0.1) is 0 Å². The molecule has 1 spiro atoms. The largest absolute Gasteiger partial charge is 0.364 e. The summed E-state index contributed by atoms with van der Waals surface area (Å²) in [5.74, 6) is 0.772. The van der Waals surface area contributed by atoms with Gasteiger partial charge in [-0.3, -0.25) is 0 Å². The zero-order valence-corrected chi connectivity index (χ0v) is 9.00. The predicted octanol–water partition coefficient (Wildman–Crippen LogP) is 2.70. The van der Waals surface area contributed by atoms with Crippen LogP contribution in [0.2, 0.25) is 0 Å². The Morgan fingerprint density at radius 2 is 2.00 bits per heavy atom. The van der Waals surface area contributed by atoms with Gasteiger partial charge < -0.3 is 9.53 Å². The van der Waals surface area contributed by atoms with E-state index in [2.05, 4.69) is 6.92 Å². The minimum absolute atomic E-state index is 0.0709. The van der Waals surface area contributed by atoms with Crippen molar-refractivity contribution in [2.45, 2.75) is 63.6 Å². The third kappa shape index (κ3) is 2.00. The molecule has 1 saturated heterocycles. The van der Waals surface area contributed by atoms with Crippen molar-refractivity contribution in [3.05, 3.63) is 0 Å². The molecular weight excluding hydrogens is 176 g/mol. The summed E-state index contributed by atoms with van der Waals surface area (Å²) in [4.78, 5) is 10.7. The van der Waals surface area contributed by atoms with E-state index >= 15 is 0 Å². The first-order valence-electron chi connectivity index (χ1n) is 5.87. The Hall–Kier alpha value is -0.370. The summed E-state index contributed by atoms with van der Waals surface area (Å²) in [6.45, 7) is 2.30. The number of carbonyl (C=O) groups is 1. The molecule has 0 aromatic heterocycles. The molecule has 0 bridgehead atoms. The molecule has 2 fully saturated rings. The first kappa shape index (κ1) is 10.2. The highest BCUT2D eigenvalue weighted by Crippen LogP contribution is 2.42. The third-order valence-electron chi connectivity index (χ3n) is 3.72. The fourth-order valence-electron chi connectivity index (χ4n) is 3.11. The molecule has 80 valence electrons. The molecule has 1 saturated carbocycles. The van der Waals surface area contributed by atoms with Crippen LogP contribution in [0.4, 0.5) is 0 Å². The summed E-state index contributed by atoms with van der Waals surface area (Å²) < 4.78 is 5.97. The molecule has 14 heavy (non-hydrogen) atoms. The lowest BCUT2D eigenvalue weighted by molar-refractivity contribution is -0.160. The fourth-order valence-corrected chi connectivity index (χ4v) is 3.11. The molecule has 0 aromatic carbocycles. The fraction of sp³-hybridized carbons (Fsp3) is 0.917. The van der Waals surface area contributed by atoms with Gasteiger partial charge in [0.05, 0.1) is 5.60 Å². The van der Waals surface area contributed by atoms with Crippen LogP contribution in [0.1, 0.15) is 51.9 Å². The van der Waals surface area contributed by atoms with Crippen molar-refractivity contribution in [1.29, 1.82) is 0 Å². The van der Waals surface area contributed by atoms with Gasteiger partial charge in [0.25, 0.3) is 0 Å². The van der Waals surface area contributed by atoms with E-state index in [1.165, 1.54) is 25.7 Å². The van der Waals surface area contributed by atoms with Crippen LogP contribution in [-0.4, -0.2) is 18.0 Å². The topological polar surface area (TPSA) is 26.3 Å². The number of carbonyl (C=O) groups excluding carboxylic acids is 1. The summed E-state index contributed by atoms with van der Waals surface area (Å²) in [5, 5.41) is 0. The Kier molecular flexibility index (Phi) is 2.91. The van der Waals surface area contributed by atoms with Crippen LogP contribution in [0.3, 0.4) is 0 Å². The monoisotopic (exact) mass is 196 g/mol. The average Bonchev–Trinajstić information content (AvgIpc) is 2.17. The SMILES string of the molecule is CC1CCCC2(CCCC(C=O)O2)C1. The van der Waals surface area contributed by atoms with Crippen LogP contribution < -0.4 is 0 Å². The highest BCUT2D eigenvalue weighted by molar-refractivity contribution is 5.56. The average molecular weight is 196 g/mol. The zero-order valence-electron chi connectivity index (χ0n) is 9.00. The van der Waals surface area contributed by atoms with Gasteiger partial charge in [-0.25, -0.2) is 0 Å². The Bertz CT molecular complexity index is 210. The van der Waals surface area contributed by atoms with E-state index in [1.54, 1.807) is 0 Å². The Morgan fingerprint density at radius 1 is 1.29 bits per heavy atom. The molecule has 2 rings (SSSR count). The Morgan fingerprint density at radius 3 is 2.64 bits per heavy atom. The van der Waals surface area contributed by atoms with Gasteiger partial charge in [-0.05, 0) is 38.0 Å². The standard InChI is InChI=1S/C12H20O2/c1-10-4-2-6-12(8-10)7-3-5-11(9-13)14-12/h9-11H,2-8H2,1H3. The van der Waals surface area contributed by atoms with Crippen LogP contribution in [0.5, 0.6) is 0 Å². The van der Waals surface area contributed by atoms with Crippen LogP contribution in [0.25, 0.3) is 0 Å². The molecule has 1 aliphatic heterocycles. The highest BCUT2D eigenvalue weighted by Gasteiger charge is 2.40. The minimum atomic E-state index is -0.117. The number of rotatable bonds is 1. The predicted molar refractivity (Wildman–Crippen MR) is 55.2 cm³/mol. The van der Waals surface area contributed by atoms with E-state index in [9.17, 15) is 4.79 Å². The van der Waals surface area contributed by atoms with Crippen LogP contribution in [0, 0.1) is 5.92 Å². The summed E-state index contributed by atoms with van der Waals surface area (Å²) in [7, 11) is 0. The molecule has 2 heteroatoms. The number of aldehydes is 1. The van der Waals surface area contributed by atoms with Crippen molar-refractivity contribution >= 4 is 6.29 Å². The van der Waals surface area contributed by atoms with Gasteiger partial charge in [0, 0.05) is 0 Å². The van der Waals surface area contributed by atoms with Gasteiger partial charge >= 0.3 is 0 Å². The lowest BCUT2D eigenvalue weighted by Crippen LogP contribution is -2.44. The first-order valence-corrected chi connectivity index (χ1v) is 5.87. The summed E-state index contributed by atoms with van der Waals surface area (Å²) in [6.07, 6.45) is 9.06. The van der Waals surface area contributed by atoms with E-state index in [4.69, 9.17) is 4.74 Å². The van der Waals surface area contributed by atoms with E-state index in [1.807, 2.05) is 0 Å². The Balaban J connectivity index is 2.02. The molecule has 0 radical (unpaired) electrons. The highest BCUT2D eigenvalue weighted by atomic mass is 16.5. The molecule has 0 amide bonds. The van der Waals surface area contributed by atoms with Crippen molar-refractivity contribution in [2.75, 3.05) is 0 Å². The summed E-state index contributed by atoms with van der Waals surface area (Å²) in [6, 6.07) is 0. The number of ether oxygens (including phenoxy) is 1. The maximum Gasteiger partial charge on any atom is 0.148 e. The normalized spacial score (nSPS) is 43.8. The molecule has 2 nitrogen and oxygen atoms in total. The zero-order chi connectivity index (χ0) is 10.0. The van der Waals surface area contributed by atoms with Crippen molar-refractivity contribution < 1.29 is 9.53 Å². The van der Waals surface area contributed by atoms with Crippen LogP contribution in [0.15, 0.2) is 0 Å². The maximum atomic E-state index is 10.7. The van der Waals surface area contributed by atoms with Crippen molar-refractivity contribution in [3.8, 4) is 0 Å². The van der Waals surface area contributed by atoms with Gasteiger partial charge in [0.1, 0.15) is 12.4 Å². The molecule has 3 atom stereocenters.